The van der Waals surface area contributed by atoms with Crippen LogP contribution in [0.15, 0.2) is 30.6 Å². The van der Waals surface area contributed by atoms with Crippen molar-refractivity contribution in [3.8, 4) is 5.75 Å². The zero-order chi connectivity index (χ0) is 16.7. The summed E-state index contributed by atoms with van der Waals surface area (Å²) in [6.45, 7) is 2.98. The molecule has 124 valence electrons. The topological polar surface area (TPSA) is 93.4 Å². The second kappa shape index (κ2) is 8.23. The number of rotatable bonds is 8. The zero-order valence-corrected chi connectivity index (χ0v) is 13.3. The first-order valence-corrected chi connectivity index (χ1v) is 7.39. The van der Waals surface area contributed by atoms with Crippen LogP contribution in [0.2, 0.25) is 0 Å². The van der Waals surface area contributed by atoms with Gasteiger partial charge >= 0.3 is 0 Å². The van der Waals surface area contributed by atoms with Crippen molar-refractivity contribution in [1.82, 2.24) is 25.1 Å². The maximum absolute atomic E-state index is 11.2. The molecule has 0 spiro atoms. The minimum absolute atomic E-state index is 0.0772. The summed E-state index contributed by atoms with van der Waals surface area (Å²) in [5.41, 5.74) is 0.749. The first-order valence-electron chi connectivity index (χ1n) is 7.39. The second-order valence-corrected chi connectivity index (χ2v) is 5.26. The lowest BCUT2D eigenvalue weighted by atomic mass is 10.1. The van der Waals surface area contributed by atoms with Gasteiger partial charge in [-0.05, 0) is 28.1 Å². The average Bonchev–Trinajstić information content (AvgIpc) is 3.05. The van der Waals surface area contributed by atoms with Crippen molar-refractivity contribution in [1.29, 1.82) is 0 Å². The molecule has 1 N–H and O–H groups in total. The molecule has 1 aromatic carbocycles. The number of aromatic nitrogens is 4. The number of aryl methyl sites for hydroxylation is 1. The van der Waals surface area contributed by atoms with E-state index in [0.717, 1.165) is 17.7 Å². The van der Waals surface area contributed by atoms with Crippen LogP contribution in [-0.4, -0.2) is 56.3 Å². The third kappa shape index (κ3) is 5.33. The molecule has 8 nitrogen and oxygen atoms in total. The van der Waals surface area contributed by atoms with E-state index in [1.165, 1.54) is 11.8 Å². The Morgan fingerprint density at radius 3 is 2.74 bits per heavy atom. The fourth-order valence-corrected chi connectivity index (χ4v) is 1.98. The highest BCUT2D eigenvalue weighted by atomic mass is 16.5. The van der Waals surface area contributed by atoms with Crippen molar-refractivity contribution in [3.63, 3.8) is 0 Å². The van der Waals surface area contributed by atoms with Crippen molar-refractivity contribution < 1.29 is 14.6 Å². The van der Waals surface area contributed by atoms with Crippen LogP contribution < -0.4 is 4.74 Å². The molecule has 8 heteroatoms. The van der Waals surface area contributed by atoms with Crippen LogP contribution in [0, 0.1) is 0 Å². The second-order valence-electron chi connectivity index (χ2n) is 5.26. The van der Waals surface area contributed by atoms with Gasteiger partial charge < -0.3 is 14.7 Å². The maximum atomic E-state index is 11.2. The number of hydrogen-bond acceptors (Lipinski definition) is 6. The van der Waals surface area contributed by atoms with Crippen molar-refractivity contribution in [2.24, 2.45) is 0 Å². The molecule has 0 aliphatic rings. The minimum Gasteiger partial charge on any atom is -0.494 e. The monoisotopic (exact) mass is 319 g/mol. The summed E-state index contributed by atoms with van der Waals surface area (Å²) in [5, 5.41) is 21.0. The minimum atomic E-state index is -0.710. The lowest BCUT2D eigenvalue weighted by molar-refractivity contribution is -0.128. The Hall–Kier alpha value is -2.48. The largest absolute Gasteiger partial charge is 0.494 e. The van der Waals surface area contributed by atoms with Crippen molar-refractivity contribution in [2.75, 3.05) is 20.2 Å². The van der Waals surface area contributed by atoms with E-state index < -0.39 is 6.10 Å². The van der Waals surface area contributed by atoms with Gasteiger partial charge in [-0.2, -0.15) is 0 Å². The number of tetrazole rings is 1. The van der Waals surface area contributed by atoms with Crippen molar-refractivity contribution >= 4 is 5.91 Å². The molecule has 1 aromatic heterocycles. The van der Waals surface area contributed by atoms with E-state index in [1.807, 2.05) is 12.1 Å². The van der Waals surface area contributed by atoms with Crippen LogP contribution in [0.3, 0.4) is 0 Å². The van der Waals surface area contributed by atoms with Crippen molar-refractivity contribution in [3.05, 3.63) is 36.2 Å². The molecular weight excluding hydrogens is 298 g/mol. The highest BCUT2D eigenvalue weighted by Crippen LogP contribution is 2.18. The number of aliphatic hydroxyl groups is 1. The molecule has 0 saturated carbocycles. The van der Waals surface area contributed by atoms with Crippen LogP contribution in [0.1, 0.15) is 25.0 Å². The number of aliphatic hydroxyl groups excluding tert-OH is 1. The Bertz CT molecular complexity index is 600. The number of carbonyl (C=O) groups is 1. The zero-order valence-electron chi connectivity index (χ0n) is 13.3. The molecule has 1 atom stereocenters. The third-order valence-electron chi connectivity index (χ3n) is 3.44. The molecule has 23 heavy (non-hydrogen) atoms. The highest BCUT2D eigenvalue weighted by Gasteiger charge is 2.12. The predicted molar refractivity (Wildman–Crippen MR) is 82.6 cm³/mol. The molecule has 0 unspecified atom stereocenters. The van der Waals surface area contributed by atoms with Gasteiger partial charge in [-0.3, -0.25) is 4.79 Å². The van der Waals surface area contributed by atoms with Crippen LogP contribution in [0.5, 0.6) is 5.75 Å². The number of nitrogens with zero attached hydrogens (tertiary/aromatic N) is 5. The smallest absolute Gasteiger partial charge is 0.219 e. The highest BCUT2D eigenvalue weighted by molar-refractivity contribution is 5.72. The van der Waals surface area contributed by atoms with E-state index in [1.54, 1.807) is 30.2 Å². The maximum Gasteiger partial charge on any atom is 0.219 e. The molecule has 1 heterocycles. The Kier molecular flexibility index (Phi) is 6.04. The molecular formula is C15H21N5O3. The summed E-state index contributed by atoms with van der Waals surface area (Å²) in [7, 11) is 1.66. The normalized spacial score (nSPS) is 12.0. The quantitative estimate of drug-likeness (QED) is 0.718. The van der Waals surface area contributed by atoms with Gasteiger partial charge in [0.1, 0.15) is 12.1 Å². The molecule has 2 rings (SSSR count). The van der Waals surface area contributed by atoms with Crippen molar-refractivity contribution in [2.45, 2.75) is 26.0 Å². The lowest BCUT2D eigenvalue weighted by Gasteiger charge is -2.19. The van der Waals surface area contributed by atoms with Gasteiger partial charge in [0, 0.05) is 26.9 Å². The Morgan fingerprint density at radius 2 is 2.13 bits per heavy atom. The molecule has 1 amide bonds. The van der Waals surface area contributed by atoms with Gasteiger partial charge in [0.2, 0.25) is 5.91 Å². The average molecular weight is 319 g/mol. The number of amides is 1. The summed E-state index contributed by atoms with van der Waals surface area (Å²) in [6, 6.07) is 7.22. The molecule has 0 aliphatic carbocycles. The van der Waals surface area contributed by atoms with E-state index in [2.05, 4.69) is 15.5 Å². The number of ether oxygens (including phenoxy) is 1. The van der Waals surface area contributed by atoms with E-state index >= 15 is 0 Å². The number of hydrogen-bond donors (Lipinski definition) is 1. The van der Waals surface area contributed by atoms with Gasteiger partial charge in [-0.1, -0.05) is 12.1 Å². The fourth-order valence-electron chi connectivity index (χ4n) is 1.98. The van der Waals surface area contributed by atoms with Crippen LogP contribution >= 0.6 is 0 Å². The Labute approximate surface area is 134 Å². The van der Waals surface area contributed by atoms with Gasteiger partial charge in [-0.25, -0.2) is 4.68 Å². The van der Waals surface area contributed by atoms with E-state index in [9.17, 15) is 9.90 Å². The van der Waals surface area contributed by atoms with E-state index in [-0.39, 0.29) is 12.5 Å². The summed E-state index contributed by atoms with van der Waals surface area (Å²) in [6.07, 6.45) is 1.64. The van der Waals surface area contributed by atoms with Gasteiger partial charge in [0.15, 0.2) is 0 Å². The first-order chi connectivity index (χ1) is 11.1. The molecule has 0 saturated heterocycles. The summed E-state index contributed by atoms with van der Waals surface area (Å²) >= 11 is 0. The van der Waals surface area contributed by atoms with Gasteiger partial charge in [0.25, 0.3) is 0 Å². The molecule has 2 aromatic rings. The van der Waals surface area contributed by atoms with Gasteiger partial charge in [-0.15, -0.1) is 5.10 Å². The summed E-state index contributed by atoms with van der Waals surface area (Å²) in [4.78, 5) is 12.7. The Morgan fingerprint density at radius 1 is 1.39 bits per heavy atom. The lowest BCUT2D eigenvalue weighted by Crippen LogP contribution is -2.28. The number of likely N-dealkylation sites (N-methyl/N-ethyl adjacent to an activating group) is 1. The number of benzene rings is 1. The number of carbonyl (C=O) groups excluding carboxylic acids is 1. The van der Waals surface area contributed by atoms with E-state index in [0.29, 0.717) is 13.2 Å². The van der Waals surface area contributed by atoms with E-state index in [4.69, 9.17) is 4.74 Å². The summed E-state index contributed by atoms with van der Waals surface area (Å²) < 4.78 is 7.28. The van der Waals surface area contributed by atoms with Crippen LogP contribution in [-0.2, 0) is 11.3 Å². The molecule has 0 aliphatic heterocycles. The SMILES string of the molecule is CC(=O)N(C)C[C@H](O)c1ccc(OCCCn2cnnn2)cc1. The fraction of sp³-hybridized carbons (Fsp3) is 0.467. The van der Waals surface area contributed by atoms with Crippen LogP contribution in [0.4, 0.5) is 0 Å². The third-order valence-corrected chi connectivity index (χ3v) is 3.44. The molecule has 0 bridgehead atoms. The Balaban J connectivity index is 1.76. The molecule has 0 radical (unpaired) electrons. The predicted octanol–water partition coefficient (Wildman–Crippen LogP) is 0.654. The molecule has 0 fully saturated rings. The van der Waals surface area contributed by atoms with Gasteiger partial charge in [0.05, 0.1) is 19.3 Å². The first kappa shape index (κ1) is 16.9. The van der Waals surface area contributed by atoms with Crippen LogP contribution in [0.25, 0.3) is 0 Å². The summed E-state index contributed by atoms with van der Waals surface area (Å²) in [5.74, 6) is 0.657. The standard InChI is InChI=1S/C15H21N5O3/c1-12(21)19(2)10-15(22)13-4-6-14(7-5-13)23-9-3-8-20-11-16-17-18-20/h4-7,11,15,22H,3,8-10H2,1-2H3/t15-/m0/s1.